The highest BCUT2D eigenvalue weighted by atomic mass is 32.1. The Bertz CT molecular complexity index is 2820. The predicted octanol–water partition coefficient (Wildman–Crippen LogP) is 15.1. The molecule has 3 aromatic heterocycles. The quantitative estimate of drug-likeness (QED) is 0.178. The molecule has 0 radical (unpaired) electrons. The van der Waals surface area contributed by atoms with Crippen LogP contribution in [0.2, 0.25) is 0 Å². The zero-order valence-corrected chi connectivity index (χ0v) is 32.5. The van der Waals surface area contributed by atoms with Crippen LogP contribution in [-0.4, -0.2) is 0 Å². The molecule has 6 aromatic carbocycles. The van der Waals surface area contributed by atoms with Gasteiger partial charge in [0.1, 0.15) is 11.2 Å². The number of hydrogen-bond donors (Lipinski definition) is 0. The van der Waals surface area contributed by atoms with Gasteiger partial charge in [-0.2, -0.15) is 0 Å². The Morgan fingerprint density at radius 2 is 1.16 bits per heavy atom. The van der Waals surface area contributed by atoms with Gasteiger partial charge in [0, 0.05) is 56.7 Å². The van der Waals surface area contributed by atoms with E-state index in [-0.39, 0.29) is 16.2 Å². The summed E-state index contributed by atoms with van der Waals surface area (Å²) in [5.74, 6) is 0. The average Bonchev–Trinajstić information content (AvgIpc) is 3.77. The van der Waals surface area contributed by atoms with Gasteiger partial charge in [-0.25, -0.2) is 0 Å². The first-order valence-corrected chi connectivity index (χ1v) is 19.8. The zero-order chi connectivity index (χ0) is 35.4. The van der Waals surface area contributed by atoms with Gasteiger partial charge in [0.15, 0.2) is 0 Å². The molecule has 0 amide bonds. The Kier molecular flexibility index (Phi) is 7.18. The van der Waals surface area contributed by atoms with Gasteiger partial charge in [0.05, 0.1) is 0 Å². The van der Waals surface area contributed by atoms with Gasteiger partial charge in [0.2, 0.25) is 0 Å². The third-order valence-electron chi connectivity index (χ3n) is 11.0. The monoisotopic (exact) mass is 700 g/mol. The Morgan fingerprint density at radius 3 is 1.94 bits per heavy atom. The smallest absolute Gasteiger partial charge is 0.139 e. The fourth-order valence-corrected chi connectivity index (χ4v) is 10.2. The van der Waals surface area contributed by atoms with Crippen molar-refractivity contribution in [2.75, 3.05) is 0 Å². The van der Waals surface area contributed by atoms with Gasteiger partial charge in [-0.1, -0.05) is 110 Å². The van der Waals surface area contributed by atoms with Gasteiger partial charge < -0.3 is 4.42 Å². The molecular weight excluding hydrogens is 657 g/mol. The second kappa shape index (κ2) is 11.3. The van der Waals surface area contributed by atoms with Crippen molar-refractivity contribution in [2.24, 2.45) is 0 Å². The third-order valence-corrected chi connectivity index (χ3v) is 13.2. The molecule has 0 aliphatic heterocycles. The normalized spacial score (nSPS) is 13.2. The Hall–Kier alpha value is -4.44. The van der Waals surface area contributed by atoms with E-state index >= 15 is 0 Å². The summed E-state index contributed by atoms with van der Waals surface area (Å²) in [6.07, 6.45) is 0.910. The molecule has 9 rings (SSSR count). The number of furan rings is 1. The standard InChI is InChI=1S/C48H44OS2/c1-46(2,3)31-18-21-42-36(25-31)35-22-28(16-20-41(35)50-42)30-23-37-44-29(12-11-14-39(44)49-45(37)38(24-30)47(4,5)6)27-48(7,8)32-17-19-34-33-13-9-10-15-40(33)51-43(34)26-32/h9-26H,27H2,1-8H3. The molecule has 0 fully saturated rings. The van der Waals surface area contributed by atoms with Crippen LogP contribution in [0.3, 0.4) is 0 Å². The molecule has 0 bridgehead atoms. The summed E-state index contributed by atoms with van der Waals surface area (Å²) in [5.41, 5.74) is 9.72. The van der Waals surface area contributed by atoms with Crippen molar-refractivity contribution in [1.29, 1.82) is 0 Å². The van der Waals surface area contributed by atoms with Crippen molar-refractivity contribution in [3.05, 3.63) is 131 Å². The molecule has 0 aliphatic rings. The maximum Gasteiger partial charge on any atom is 0.139 e. The first-order chi connectivity index (χ1) is 24.2. The van der Waals surface area contributed by atoms with E-state index in [0.717, 1.165) is 17.6 Å². The second-order valence-corrected chi connectivity index (χ2v) is 19.4. The fourth-order valence-electron chi connectivity index (χ4n) is 8.02. The van der Waals surface area contributed by atoms with Crippen LogP contribution in [0.5, 0.6) is 0 Å². The lowest BCUT2D eigenvalue weighted by Gasteiger charge is -2.26. The van der Waals surface area contributed by atoms with Crippen LogP contribution in [0.4, 0.5) is 0 Å². The highest BCUT2D eigenvalue weighted by Crippen LogP contribution is 2.45. The van der Waals surface area contributed by atoms with Crippen molar-refractivity contribution in [3.63, 3.8) is 0 Å². The van der Waals surface area contributed by atoms with E-state index in [2.05, 4.69) is 165 Å². The lowest BCUT2D eigenvalue weighted by atomic mass is 9.78. The molecule has 3 heterocycles. The molecule has 0 unspecified atom stereocenters. The van der Waals surface area contributed by atoms with Crippen molar-refractivity contribution >= 4 is 85.0 Å². The van der Waals surface area contributed by atoms with Crippen LogP contribution in [0.15, 0.2) is 114 Å². The highest BCUT2D eigenvalue weighted by Gasteiger charge is 2.27. The molecule has 0 saturated heterocycles. The molecule has 254 valence electrons. The van der Waals surface area contributed by atoms with E-state index in [9.17, 15) is 0 Å². The molecule has 0 spiro atoms. The molecule has 0 atom stereocenters. The van der Waals surface area contributed by atoms with Gasteiger partial charge in [0.25, 0.3) is 0 Å². The summed E-state index contributed by atoms with van der Waals surface area (Å²) >= 11 is 3.79. The minimum atomic E-state index is -0.0952. The van der Waals surface area contributed by atoms with Crippen molar-refractivity contribution in [2.45, 2.75) is 78.1 Å². The van der Waals surface area contributed by atoms with Gasteiger partial charge in [-0.15, -0.1) is 22.7 Å². The SMILES string of the molecule is CC(C)(C)c1ccc2sc3ccc(-c4cc(C(C)(C)C)c5oc6cccc(CC(C)(C)c7ccc8c(c7)sc7ccccc78)c6c5c4)cc3c2c1. The third kappa shape index (κ3) is 5.40. The molecule has 9 aromatic rings. The zero-order valence-electron chi connectivity index (χ0n) is 30.8. The summed E-state index contributed by atoms with van der Waals surface area (Å²) in [6.45, 7) is 18.6. The van der Waals surface area contributed by atoms with E-state index in [1.807, 2.05) is 22.7 Å². The lowest BCUT2D eigenvalue weighted by Crippen LogP contribution is -2.20. The van der Waals surface area contributed by atoms with Crippen LogP contribution >= 0.6 is 22.7 Å². The van der Waals surface area contributed by atoms with Crippen LogP contribution < -0.4 is 0 Å². The summed E-state index contributed by atoms with van der Waals surface area (Å²) < 4.78 is 12.2. The molecule has 1 nitrogen and oxygen atoms in total. The number of hydrogen-bond acceptors (Lipinski definition) is 3. The van der Waals surface area contributed by atoms with Crippen LogP contribution in [0.25, 0.3) is 73.4 Å². The minimum absolute atomic E-state index is 0.0797. The number of thiophene rings is 2. The summed E-state index contributed by atoms with van der Waals surface area (Å²) in [5, 5.41) is 7.85. The van der Waals surface area contributed by atoms with E-state index in [0.29, 0.717) is 0 Å². The van der Waals surface area contributed by atoms with Gasteiger partial charge >= 0.3 is 0 Å². The first-order valence-electron chi connectivity index (χ1n) is 18.1. The topological polar surface area (TPSA) is 13.1 Å². The maximum atomic E-state index is 6.82. The predicted molar refractivity (Wildman–Crippen MR) is 226 cm³/mol. The number of fused-ring (bicyclic) bond motifs is 9. The van der Waals surface area contributed by atoms with Crippen molar-refractivity contribution in [3.8, 4) is 11.1 Å². The highest BCUT2D eigenvalue weighted by molar-refractivity contribution is 7.26. The number of benzene rings is 6. The van der Waals surface area contributed by atoms with Gasteiger partial charge in [-0.05, 0) is 105 Å². The number of rotatable bonds is 4. The summed E-state index contributed by atoms with van der Waals surface area (Å²) in [7, 11) is 0. The van der Waals surface area contributed by atoms with E-state index in [1.54, 1.807) is 0 Å². The van der Waals surface area contributed by atoms with Crippen molar-refractivity contribution < 1.29 is 4.42 Å². The molecular formula is C48H44OS2. The summed E-state index contributed by atoms with van der Waals surface area (Å²) in [6, 6.07) is 41.4. The molecule has 51 heavy (non-hydrogen) atoms. The molecule has 3 heteroatoms. The molecule has 0 N–H and O–H groups in total. The van der Waals surface area contributed by atoms with E-state index in [4.69, 9.17) is 4.42 Å². The second-order valence-electron chi connectivity index (χ2n) is 17.2. The Balaban J connectivity index is 1.20. The maximum absolute atomic E-state index is 6.82. The average molecular weight is 701 g/mol. The molecule has 0 aliphatic carbocycles. The largest absolute Gasteiger partial charge is 0.456 e. The Labute approximate surface area is 308 Å². The lowest BCUT2D eigenvalue weighted by molar-refractivity contribution is 0.525. The minimum Gasteiger partial charge on any atom is -0.456 e. The van der Waals surface area contributed by atoms with E-state index < -0.39 is 0 Å². The van der Waals surface area contributed by atoms with Crippen LogP contribution in [-0.2, 0) is 22.7 Å². The Morgan fingerprint density at radius 1 is 0.490 bits per heavy atom. The van der Waals surface area contributed by atoms with Crippen LogP contribution in [0, 0.1) is 0 Å². The fraction of sp³-hybridized carbons (Fsp3) is 0.250. The first kappa shape index (κ1) is 32.5. The van der Waals surface area contributed by atoms with E-state index in [1.165, 1.54) is 84.5 Å². The summed E-state index contributed by atoms with van der Waals surface area (Å²) in [4.78, 5) is 0. The van der Waals surface area contributed by atoms with Crippen molar-refractivity contribution in [1.82, 2.24) is 0 Å². The molecule has 0 saturated carbocycles. The van der Waals surface area contributed by atoms with Crippen LogP contribution in [0.1, 0.15) is 77.6 Å². The van der Waals surface area contributed by atoms with Gasteiger partial charge in [-0.3, -0.25) is 0 Å².